The Morgan fingerprint density at radius 1 is 0.366 bits per heavy atom. The van der Waals surface area contributed by atoms with Crippen LogP contribution in [0.4, 0.5) is 0 Å². The first-order chi connectivity index (χ1) is 18.5. The van der Waals surface area contributed by atoms with Crippen molar-refractivity contribution in [3.05, 3.63) is 0 Å². The third-order valence-electron chi connectivity index (χ3n) is 5.65. The SMILES string of the molecule is CC(C)CCCCC(=O)[O-].CC(C)CCCCC(=O)[O-].CC(C)CCCCC(=O)[O-].CC(C)CCCCC(=O)[O-].[Sn+4]. The van der Waals surface area contributed by atoms with Crippen LogP contribution in [0.3, 0.4) is 0 Å². The van der Waals surface area contributed by atoms with Gasteiger partial charge in [0.05, 0.1) is 0 Å². The number of carbonyl (C=O) groups excluding carboxylic acids is 4. The van der Waals surface area contributed by atoms with Crippen LogP contribution in [0.25, 0.3) is 0 Å². The van der Waals surface area contributed by atoms with Gasteiger partial charge in [0.1, 0.15) is 0 Å². The van der Waals surface area contributed by atoms with Gasteiger partial charge in [0.15, 0.2) is 0 Å². The summed E-state index contributed by atoms with van der Waals surface area (Å²) in [6, 6.07) is 0. The summed E-state index contributed by atoms with van der Waals surface area (Å²) in [5.41, 5.74) is 0. The predicted octanol–water partition coefficient (Wildman–Crippen LogP) is 3.43. The Morgan fingerprint density at radius 3 is 0.610 bits per heavy atom. The van der Waals surface area contributed by atoms with Gasteiger partial charge in [-0.3, -0.25) is 0 Å². The fourth-order valence-corrected chi connectivity index (χ4v) is 3.29. The van der Waals surface area contributed by atoms with Gasteiger partial charge in [-0.15, -0.1) is 0 Å². The quantitative estimate of drug-likeness (QED) is 0.139. The molecule has 0 bridgehead atoms. The van der Waals surface area contributed by atoms with Crippen LogP contribution in [-0.2, 0) is 19.2 Å². The zero-order valence-electron chi connectivity index (χ0n) is 27.4. The normalized spacial score (nSPS) is 10.0. The molecule has 0 aliphatic heterocycles. The molecule has 0 atom stereocenters. The average molecular weight is 692 g/mol. The third kappa shape index (κ3) is 73.1. The second-order valence-corrected chi connectivity index (χ2v) is 12.0. The Balaban J connectivity index is -0.000000139. The van der Waals surface area contributed by atoms with Crippen LogP contribution in [0.5, 0.6) is 0 Å². The molecule has 0 aromatic heterocycles. The fourth-order valence-electron chi connectivity index (χ4n) is 3.29. The van der Waals surface area contributed by atoms with Gasteiger partial charge in [-0.05, 0) is 75.0 Å². The first-order valence-electron chi connectivity index (χ1n) is 15.3. The molecule has 0 radical (unpaired) electrons. The van der Waals surface area contributed by atoms with E-state index in [1.165, 1.54) is 0 Å². The molecule has 0 fully saturated rings. The van der Waals surface area contributed by atoms with Crippen molar-refractivity contribution in [2.24, 2.45) is 23.7 Å². The second kappa shape index (κ2) is 36.7. The van der Waals surface area contributed by atoms with E-state index in [0.717, 1.165) is 77.0 Å². The number of carbonyl (C=O) groups is 4. The van der Waals surface area contributed by atoms with Crippen LogP contribution in [-0.4, -0.2) is 47.8 Å². The molecule has 0 unspecified atom stereocenters. The third-order valence-corrected chi connectivity index (χ3v) is 5.65. The maximum atomic E-state index is 9.93. The number of rotatable bonds is 20. The largest absolute Gasteiger partial charge is 4.00 e. The zero-order valence-corrected chi connectivity index (χ0v) is 30.2. The molecule has 0 rings (SSSR count). The van der Waals surface area contributed by atoms with Crippen molar-refractivity contribution in [1.29, 1.82) is 0 Å². The molecular formula is C32H60O8Sn. The summed E-state index contributed by atoms with van der Waals surface area (Å²) in [5, 5.41) is 39.7. The summed E-state index contributed by atoms with van der Waals surface area (Å²) >= 11 is 0. The fraction of sp³-hybridized carbons (Fsp3) is 0.875. The van der Waals surface area contributed by atoms with Gasteiger partial charge in [0.25, 0.3) is 0 Å². The Kier molecular flexibility index (Phi) is 44.2. The van der Waals surface area contributed by atoms with E-state index in [4.69, 9.17) is 0 Å². The van der Waals surface area contributed by atoms with Gasteiger partial charge >= 0.3 is 23.9 Å². The maximum Gasteiger partial charge on any atom is 4.00 e. The van der Waals surface area contributed by atoms with Gasteiger partial charge in [-0.25, -0.2) is 0 Å². The molecule has 0 saturated heterocycles. The minimum absolute atomic E-state index is 0. The van der Waals surface area contributed by atoms with E-state index >= 15 is 0 Å². The molecule has 0 spiro atoms. The smallest absolute Gasteiger partial charge is 0.550 e. The van der Waals surface area contributed by atoms with E-state index in [1.54, 1.807) is 0 Å². The molecule has 0 aromatic carbocycles. The van der Waals surface area contributed by atoms with Crippen molar-refractivity contribution in [3.63, 3.8) is 0 Å². The first kappa shape index (κ1) is 49.4. The number of hydrogen-bond donors (Lipinski definition) is 0. The topological polar surface area (TPSA) is 161 Å². The van der Waals surface area contributed by atoms with Crippen LogP contribution in [0, 0.1) is 23.7 Å². The number of hydrogen-bond acceptors (Lipinski definition) is 8. The summed E-state index contributed by atoms with van der Waals surface area (Å²) in [4.78, 5) is 39.7. The van der Waals surface area contributed by atoms with E-state index in [0.29, 0.717) is 23.7 Å². The molecule has 8 nitrogen and oxygen atoms in total. The number of aliphatic carboxylic acids is 4. The Bertz CT molecular complexity index is 501. The van der Waals surface area contributed by atoms with Crippen molar-refractivity contribution in [1.82, 2.24) is 0 Å². The molecule has 0 saturated carbocycles. The molecule has 41 heavy (non-hydrogen) atoms. The van der Waals surface area contributed by atoms with Crippen LogP contribution in [0.15, 0.2) is 0 Å². The van der Waals surface area contributed by atoms with Gasteiger partial charge in [-0.2, -0.15) is 0 Å². The van der Waals surface area contributed by atoms with Gasteiger partial charge < -0.3 is 39.6 Å². The van der Waals surface area contributed by atoms with Gasteiger partial charge in [-0.1, -0.05) is 107 Å². The number of carboxylic acids is 4. The van der Waals surface area contributed by atoms with Gasteiger partial charge in [0.2, 0.25) is 0 Å². The van der Waals surface area contributed by atoms with Crippen molar-refractivity contribution < 1.29 is 39.6 Å². The van der Waals surface area contributed by atoms with E-state index in [1.807, 2.05) is 0 Å². The summed E-state index contributed by atoms with van der Waals surface area (Å²) in [7, 11) is 0. The minimum atomic E-state index is -0.927. The summed E-state index contributed by atoms with van der Waals surface area (Å²) in [6.45, 7) is 17.1. The molecule has 0 amide bonds. The monoisotopic (exact) mass is 692 g/mol. The van der Waals surface area contributed by atoms with Crippen molar-refractivity contribution in [2.45, 2.75) is 158 Å². The average Bonchev–Trinajstić information content (AvgIpc) is 2.80. The van der Waals surface area contributed by atoms with E-state index in [-0.39, 0.29) is 49.6 Å². The van der Waals surface area contributed by atoms with Crippen molar-refractivity contribution in [2.75, 3.05) is 0 Å². The molecule has 0 aliphatic carbocycles. The number of carboxylic acid groups (broad SMARTS) is 4. The van der Waals surface area contributed by atoms with E-state index < -0.39 is 23.9 Å². The molecular weight excluding hydrogens is 631 g/mol. The van der Waals surface area contributed by atoms with Crippen LogP contribution in [0.1, 0.15) is 158 Å². The molecule has 9 heteroatoms. The minimum Gasteiger partial charge on any atom is -0.550 e. The first-order valence-corrected chi connectivity index (χ1v) is 15.3. The standard InChI is InChI=1S/4C8H16O2.Sn/c4*1-7(2)5-3-4-6-8(9)10;/h4*7H,3-6H2,1-2H3,(H,9,10);/q;;;;+4/p-4. The molecule has 0 heterocycles. The zero-order chi connectivity index (χ0) is 31.9. The number of unbranched alkanes of at least 4 members (excludes halogenated alkanes) is 4. The summed E-state index contributed by atoms with van der Waals surface area (Å²) in [5.74, 6) is -0.980. The van der Waals surface area contributed by atoms with E-state index in [2.05, 4.69) is 55.4 Å². The van der Waals surface area contributed by atoms with E-state index in [9.17, 15) is 39.6 Å². The van der Waals surface area contributed by atoms with Crippen LogP contribution in [0.2, 0.25) is 0 Å². The predicted molar refractivity (Wildman–Crippen MR) is 159 cm³/mol. The Morgan fingerprint density at radius 2 is 0.512 bits per heavy atom. The van der Waals surface area contributed by atoms with Crippen LogP contribution >= 0.6 is 0 Å². The van der Waals surface area contributed by atoms with Crippen molar-refractivity contribution in [3.8, 4) is 0 Å². The maximum absolute atomic E-state index is 9.93. The second-order valence-electron chi connectivity index (χ2n) is 12.0. The van der Waals surface area contributed by atoms with Crippen molar-refractivity contribution >= 4 is 47.8 Å². The molecule has 0 N–H and O–H groups in total. The summed E-state index contributed by atoms with van der Waals surface area (Å²) in [6.07, 6.45) is 12.4. The summed E-state index contributed by atoms with van der Waals surface area (Å²) < 4.78 is 0. The Labute approximate surface area is 268 Å². The van der Waals surface area contributed by atoms with Gasteiger partial charge in [0, 0.05) is 23.9 Å². The molecule has 0 aromatic rings. The molecule has 240 valence electrons. The molecule has 0 aliphatic rings. The Hall–Kier alpha value is -1.32. The van der Waals surface area contributed by atoms with Crippen LogP contribution < -0.4 is 20.4 Å².